The largest absolute Gasteiger partial charge is 0.486 e. The molecule has 132 valence electrons. The summed E-state index contributed by atoms with van der Waals surface area (Å²) in [6.45, 7) is 6.85. The lowest BCUT2D eigenvalue weighted by molar-refractivity contribution is 0.0166. The molecule has 25 heavy (non-hydrogen) atoms. The minimum absolute atomic E-state index is 0.147. The van der Waals surface area contributed by atoms with Gasteiger partial charge in [-0.2, -0.15) is 0 Å². The molecule has 0 spiro atoms. The minimum Gasteiger partial charge on any atom is -0.486 e. The summed E-state index contributed by atoms with van der Waals surface area (Å²) in [5.41, 5.74) is 0.508. The summed E-state index contributed by atoms with van der Waals surface area (Å²) in [7, 11) is 0. The van der Waals surface area contributed by atoms with Crippen LogP contribution in [0.25, 0.3) is 0 Å². The van der Waals surface area contributed by atoms with E-state index >= 15 is 0 Å². The standard InChI is InChI=1S/C19H21FN2O3/c1-19(2,3)14-9-12(20)7-8-16(14)25-13-10-22(11-13)18(24)15-5-4-6-17(23)21-15/h4-9,13H,10-11H2,1-3H3,(H,21,23). The van der Waals surface area contributed by atoms with Gasteiger partial charge in [0, 0.05) is 11.6 Å². The van der Waals surface area contributed by atoms with Crippen molar-refractivity contribution in [3.63, 3.8) is 0 Å². The van der Waals surface area contributed by atoms with Crippen molar-refractivity contribution in [3.05, 3.63) is 63.8 Å². The molecule has 0 saturated carbocycles. The number of rotatable bonds is 3. The lowest BCUT2D eigenvalue weighted by Crippen LogP contribution is -2.56. The van der Waals surface area contributed by atoms with Crippen LogP contribution in [-0.4, -0.2) is 35.0 Å². The quantitative estimate of drug-likeness (QED) is 0.931. The Labute approximate surface area is 145 Å². The van der Waals surface area contributed by atoms with Crippen LogP contribution in [0.5, 0.6) is 5.75 Å². The first kappa shape index (κ1) is 17.2. The van der Waals surface area contributed by atoms with Gasteiger partial charge in [-0.15, -0.1) is 0 Å². The fraction of sp³-hybridized carbons (Fsp3) is 0.368. The third kappa shape index (κ3) is 3.73. The number of carbonyl (C=O) groups excluding carboxylic acids is 1. The lowest BCUT2D eigenvalue weighted by Gasteiger charge is -2.39. The zero-order valence-electron chi connectivity index (χ0n) is 14.5. The Morgan fingerprint density at radius 3 is 2.60 bits per heavy atom. The second kappa shape index (κ2) is 6.35. The Bertz CT molecular complexity index is 848. The molecule has 2 heterocycles. The highest BCUT2D eigenvalue weighted by Gasteiger charge is 2.34. The van der Waals surface area contributed by atoms with Crippen LogP contribution in [0.4, 0.5) is 4.39 Å². The maximum atomic E-state index is 13.6. The Morgan fingerprint density at radius 2 is 1.96 bits per heavy atom. The number of hydrogen-bond donors (Lipinski definition) is 1. The first-order chi connectivity index (χ1) is 11.7. The maximum Gasteiger partial charge on any atom is 0.270 e. The Balaban J connectivity index is 1.67. The zero-order chi connectivity index (χ0) is 18.2. The monoisotopic (exact) mass is 344 g/mol. The molecule has 0 unspecified atom stereocenters. The van der Waals surface area contributed by atoms with E-state index in [1.165, 1.54) is 18.2 Å². The second-order valence-corrected chi connectivity index (χ2v) is 7.27. The van der Waals surface area contributed by atoms with E-state index in [1.54, 1.807) is 23.1 Å². The van der Waals surface area contributed by atoms with Crippen LogP contribution in [0.3, 0.4) is 0 Å². The number of benzene rings is 1. The summed E-state index contributed by atoms with van der Waals surface area (Å²) in [6.07, 6.45) is -0.147. The fourth-order valence-electron chi connectivity index (χ4n) is 2.79. The third-order valence-electron chi connectivity index (χ3n) is 4.18. The molecule has 5 nitrogen and oxygen atoms in total. The van der Waals surface area contributed by atoms with Crippen LogP contribution in [-0.2, 0) is 5.41 Å². The van der Waals surface area contributed by atoms with Crippen LogP contribution >= 0.6 is 0 Å². The number of ether oxygens (including phenoxy) is 1. The minimum atomic E-state index is -0.305. The number of aromatic nitrogens is 1. The van der Waals surface area contributed by atoms with E-state index < -0.39 is 0 Å². The third-order valence-corrected chi connectivity index (χ3v) is 4.18. The van der Waals surface area contributed by atoms with E-state index in [0.717, 1.165) is 5.56 Å². The second-order valence-electron chi connectivity index (χ2n) is 7.27. The van der Waals surface area contributed by atoms with Gasteiger partial charge in [-0.1, -0.05) is 26.8 Å². The van der Waals surface area contributed by atoms with Crippen molar-refractivity contribution in [2.75, 3.05) is 13.1 Å². The summed E-state index contributed by atoms with van der Waals surface area (Å²) in [5.74, 6) is 0.113. The van der Waals surface area contributed by atoms with Crippen LogP contribution in [0.15, 0.2) is 41.2 Å². The van der Waals surface area contributed by atoms with Crippen LogP contribution in [0.2, 0.25) is 0 Å². The summed E-state index contributed by atoms with van der Waals surface area (Å²) < 4.78 is 19.5. The normalized spacial score (nSPS) is 15.0. The SMILES string of the molecule is CC(C)(C)c1cc(F)ccc1OC1CN(C(=O)c2cccc(=O)[nH]2)C1. The summed E-state index contributed by atoms with van der Waals surface area (Å²) in [4.78, 5) is 27.7. The van der Waals surface area contributed by atoms with Crippen molar-refractivity contribution in [2.24, 2.45) is 0 Å². The molecule has 1 fully saturated rings. The summed E-state index contributed by atoms with van der Waals surface area (Å²) in [6, 6.07) is 8.99. The van der Waals surface area contributed by atoms with Crippen molar-refractivity contribution >= 4 is 5.91 Å². The van der Waals surface area contributed by atoms with Gasteiger partial charge in [-0.05, 0) is 29.7 Å². The molecule has 0 atom stereocenters. The molecule has 1 saturated heterocycles. The molecule has 0 aliphatic carbocycles. The molecule has 1 aromatic carbocycles. The molecule has 1 aliphatic heterocycles. The highest BCUT2D eigenvalue weighted by molar-refractivity contribution is 5.92. The lowest BCUT2D eigenvalue weighted by atomic mass is 9.86. The van der Waals surface area contributed by atoms with Crippen LogP contribution in [0, 0.1) is 5.82 Å². The van der Waals surface area contributed by atoms with Gasteiger partial charge in [-0.25, -0.2) is 4.39 Å². The van der Waals surface area contributed by atoms with Gasteiger partial charge >= 0.3 is 0 Å². The van der Waals surface area contributed by atoms with Crippen molar-refractivity contribution in [3.8, 4) is 5.75 Å². The van der Waals surface area contributed by atoms with Crippen LogP contribution in [0.1, 0.15) is 36.8 Å². The van der Waals surface area contributed by atoms with Gasteiger partial charge in [0.05, 0.1) is 13.1 Å². The van der Waals surface area contributed by atoms with Gasteiger partial charge in [0.1, 0.15) is 23.4 Å². The number of H-pyrrole nitrogens is 1. The highest BCUT2D eigenvalue weighted by atomic mass is 19.1. The van der Waals surface area contributed by atoms with E-state index in [0.29, 0.717) is 18.8 Å². The molecular formula is C19H21FN2O3. The first-order valence-electron chi connectivity index (χ1n) is 8.19. The Morgan fingerprint density at radius 1 is 1.24 bits per heavy atom. The van der Waals surface area contributed by atoms with Gasteiger partial charge < -0.3 is 14.6 Å². The first-order valence-corrected chi connectivity index (χ1v) is 8.19. The molecular weight excluding hydrogens is 323 g/mol. The van der Waals surface area contributed by atoms with Crippen molar-refractivity contribution in [1.29, 1.82) is 0 Å². The molecule has 1 amide bonds. The van der Waals surface area contributed by atoms with Gasteiger partial charge in [0.25, 0.3) is 5.91 Å². The summed E-state index contributed by atoms with van der Waals surface area (Å²) >= 11 is 0. The van der Waals surface area contributed by atoms with E-state index in [4.69, 9.17) is 4.74 Å². The van der Waals surface area contributed by atoms with Crippen molar-refractivity contribution < 1.29 is 13.9 Å². The van der Waals surface area contributed by atoms with Gasteiger partial charge in [0.15, 0.2) is 0 Å². The number of pyridine rings is 1. The van der Waals surface area contributed by atoms with Gasteiger partial charge in [-0.3, -0.25) is 9.59 Å². The van der Waals surface area contributed by atoms with E-state index in [2.05, 4.69) is 4.98 Å². The fourth-order valence-corrected chi connectivity index (χ4v) is 2.79. The Kier molecular flexibility index (Phi) is 4.37. The van der Waals surface area contributed by atoms with E-state index in [1.807, 2.05) is 20.8 Å². The number of amides is 1. The molecule has 1 aliphatic rings. The smallest absolute Gasteiger partial charge is 0.270 e. The topological polar surface area (TPSA) is 62.4 Å². The maximum absolute atomic E-state index is 13.6. The predicted molar refractivity (Wildman–Crippen MR) is 92.5 cm³/mol. The molecule has 0 radical (unpaired) electrons. The molecule has 3 rings (SSSR count). The van der Waals surface area contributed by atoms with Crippen LogP contribution < -0.4 is 10.3 Å². The number of aromatic amines is 1. The zero-order valence-corrected chi connectivity index (χ0v) is 14.5. The van der Waals surface area contributed by atoms with Gasteiger partial charge in [0.2, 0.25) is 5.56 Å². The van der Waals surface area contributed by atoms with E-state index in [-0.39, 0.29) is 34.5 Å². The van der Waals surface area contributed by atoms with E-state index in [9.17, 15) is 14.0 Å². The number of halogens is 1. The molecule has 1 N–H and O–H groups in total. The Hall–Kier alpha value is -2.63. The average Bonchev–Trinajstić information content (AvgIpc) is 2.50. The average molecular weight is 344 g/mol. The number of likely N-dealkylation sites (tertiary alicyclic amines) is 1. The number of carbonyl (C=O) groups is 1. The number of nitrogens with one attached hydrogen (secondary N) is 1. The summed E-state index contributed by atoms with van der Waals surface area (Å²) in [5, 5.41) is 0. The number of nitrogens with zero attached hydrogens (tertiary/aromatic N) is 1. The molecule has 0 bridgehead atoms. The highest BCUT2D eigenvalue weighted by Crippen LogP contribution is 2.33. The molecule has 6 heteroatoms. The predicted octanol–water partition coefficient (Wildman–Crippen LogP) is 2.71. The van der Waals surface area contributed by atoms with Crippen molar-refractivity contribution in [2.45, 2.75) is 32.3 Å². The molecule has 2 aromatic rings. The number of hydrogen-bond acceptors (Lipinski definition) is 3. The van der Waals surface area contributed by atoms with Crippen molar-refractivity contribution in [1.82, 2.24) is 9.88 Å². The molecule has 1 aromatic heterocycles.